The Labute approximate surface area is 540 Å². The standard InChI is InChI=1S/C81H64N2O2.Ag.Cl2/c1-5-7-41-84-80-74-66-54-33-17-9-25-46(54)62(47-26-10-18-34-55(47)66)70(74)78(71-63-48-27-11-19-35-56(48)67(75(71)80)57-36-20-12-28-49(57)63)82-43-83(45(4)44(82)3)79-72-64-50-29-13-21-37-58(50)68(59-38-22-14-30-51(59)64)76(72)81(85-42-8-6-2)77-69-60-39-23-15-31-52(60)65(73(77)79)53-32-16-24-40-61(53)69;;1-2/h9-40,62-69H,5-8,41-42H2,1-4H3;;. The van der Waals surface area contributed by atoms with Crippen molar-refractivity contribution in [1.82, 2.24) is 4.57 Å². The molecular formula is C81H64AgCl2N2O2. The van der Waals surface area contributed by atoms with Crippen LogP contribution in [0, 0.1) is 20.2 Å². The maximum absolute atomic E-state index is 7.63. The van der Waals surface area contributed by atoms with E-state index in [1.807, 2.05) is 0 Å². The summed E-state index contributed by atoms with van der Waals surface area (Å²) in [5.74, 6) is 2.10. The fraction of sp³-hybridized carbons (Fsp3) is 0.222. The van der Waals surface area contributed by atoms with Crippen LogP contribution in [-0.2, 0) is 22.4 Å². The molecule has 7 heteroatoms. The molecule has 0 fully saturated rings. The summed E-state index contributed by atoms with van der Waals surface area (Å²) in [6.07, 6.45) is 8.61. The summed E-state index contributed by atoms with van der Waals surface area (Å²) in [6, 6.07) is 75.0. The monoisotopic (exact) mass is 1270 g/mol. The first kappa shape index (κ1) is 54.5. The second kappa shape index (κ2) is 20.7. The maximum atomic E-state index is 7.63. The molecule has 8 bridgehead atoms. The SMILES string of the molecule is CCCCOc1c2c(c(-n3[c-][n+](-c4c5c(c(OCCCC)c6c4C4c7ccccc7C6c6ccccc64)C4c6ccccc6C5c5ccccc54)c(C)c3C)c3c1C1c4ccccc4C3c3ccccc31)C1c3ccccc3C2c2ccccc21.ClCl.[Ag]. The third kappa shape index (κ3) is 7.02. The zero-order chi connectivity index (χ0) is 58.1. The molecule has 435 valence electrons. The van der Waals surface area contributed by atoms with Crippen molar-refractivity contribution in [2.75, 3.05) is 13.2 Å². The molecular weight excluding hydrogens is 1210 g/mol. The summed E-state index contributed by atoms with van der Waals surface area (Å²) in [5.41, 5.74) is 38.3. The molecule has 12 aliphatic carbocycles. The van der Waals surface area contributed by atoms with E-state index >= 15 is 0 Å². The van der Waals surface area contributed by atoms with Crippen LogP contribution in [0.2, 0.25) is 0 Å². The molecule has 1 aromatic heterocycles. The number of ether oxygens (including phenoxy) is 2. The van der Waals surface area contributed by atoms with Crippen LogP contribution < -0.4 is 14.0 Å². The van der Waals surface area contributed by atoms with Gasteiger partial charge in [0.05, 0.1) is 36.0 Å². The van der Waals surface area contributed by atoms with E-state index in [1.54, 1.807) is 0 Å². The van der Waals surface area contributed by atoms with Crippen LogP contribution in [0.4, 0.5) is 0 Å². The number of hydrogen-bond acceptors (Lipinski definition) is 2. The van der Waals surface area contributed by atoms with Gasteiger partial charge in [-0.05, 0) is 138 Å². The van der Waals surface area contributed by atoms with E-state index in [2.05, 4.69) is 259 Å². The molecule has 1 radical (unpaired) electrons. The minimum Gasteiger partial charge on any atom is -0.493 e. The maximum Gasteiger partial charge on any atom is 0.269 e. The van der Waals surface area contributed by atoms with Gasteiger partial charge in [-0.15, -0.1) is 0 Å². The van der Waals surface area contributed by atoms with Crippen molar-refractivity contribution in [2.24, 2.45) is 0 Å². The Morgan fingerprint density at radius 1 is 0.352 bits per heavy atom. The van der Waals surface area contributed by atoms with Gasteiger partial charge in [-0.2, -0.15) is 0 Å². The van der Waals surface area contributed by atoms with Gasteiger partial charge in [0.1, 0.15) is 11.5 Å². The minimum absolute atomic E-state index is 0. The van der Waals surface area contributed by atoms with Gasteiger partial charge in [-0.3, -0.25) is 9.13 Å². The smallest absolute Gasteiger partial charge is 0.269 e. The average molecular weight is 1280 g/mol. The number of imidazole rings is 1. The van der Waals surface area contributed by atoms with Gasteiger partial charge in [0.25, 0.3) is 6.33 Å². The van der Waals surface area contributed by atoms with Crippen LogP contribution in [0.15, 0.2) is 194 Å². The summed E-state index contributed by atoms with van der Waals surface area (Å²) in [5, 5.41) is 0. The first-order valence-electron chi connectivity index (χ1n) is 31.7. The Hall–Kier alpha value is -7.67. The number of benzene rings is 10. The first-order chi connectivity index (χ1) is 43.1. The van der Waals surface area contributed by atoms with E-state index in [-0.39, 0.29) is 69.7 Å². The Morgan fingerprint density at radius 2 is 0.568 bits per heavy atom. The molecule has 0 spiro atoms. The van der Waals surface area contributed by atoms with Crippen molar-refractivity contribution >= 4 is 21.7 Å². The van der Waals surface area contributed by atoms with Crippen LogP contribution in [0.5, 0.6) is 11.5 Å². The number of rotatable bonds is 10. The van der Waals surface area contributed by atoms with E-state index in [0.29, 0.717) is 13.2 Å². The van der Waals surface area contributed by atoms with Crippen LogP contribution in [0.3, 0.4) is 0 Å². The predicted octanol–water partition coefficient (Wildman–Crippen LogP) is 18.9. The van der Waals surface area contributed by atoms with Crippen LogP contribution >= 0.6 is 21.7 Å². The second-order valence-corrected chi connectivity index (χ2v) is 25.5. The fourth-order valence-electron chi connectivity index (χ4n) is 18.5. The third-order valence-electron chi connectivity index (χ3n) is 21.7. The zero-order valence-electron chi connectivity index (χ0n) is 49.6. The topological polar surface area (TPSA) is 27.3 Å². The summed E-state index contributed by atoms with van der Waals surface area (Å²) < 4.78 is 20.5. The molecule has 4 nitrogen and oxygen atoms in total. The van der Waals surface area contributed by atoms with Gasteiger partial charge < -0.3 is 9.47 Å². The molecule has 0 amide bonds. The van der Waals surface area contributed by atoms with Crippen LogP contribution in [0.1, 0.15) is 232 Å². The molecule has 0 saturated carbocycles. The molecule has 0 atom stereocenters. The van der Waals surface area contributed by atoms with Gasteiger partial charge >= 0.3 is 0 Å². The Kier molecular flexibility index (Phi) is 12.8. The van der Waals surface area contributed by atoms with E-state index in [9.17, 15) is 0 Å². The van der Waals surface area contributed by atoms with Crippen molar-refractivity contribution in [3.63, 3.8) is 0 Å². The summed E-state index contributed by atoms with van der Waals surface area (Å²) in [7, 11) is 8.22. The van der Waals surface area contributed by atoms with E-state index in [4.69, 9.17) is 9.47 Å². The molecule has 0 unspecified atom stereocenters. The number of nitrogens with zero attached hydrogens (tertiary/aromatic N) is 2. The van der Waals surface area contributed by atoms with Crippen molar-refractivity contribution in [1.29, 1.82) is 0 Å². The molecule has 0 saturated heterocycles. The number of hydrogen-bond donors (Lipinski definition) is 0. The third-order valence-corrected chi connectivity index (χ3v) is 21.7. The van der Waals surface area contributed by atoms with Gasteiger partial charge in [0.15, 0.2) is 0 Å². The molecule has 0 N–H and O–H groups in total. The van der Waals surface area contributed by atoms with Crippen molar-refractivity contribution in [3.05, 3.63) is 345 Å². The Bertz CT molecular complexity index is 4020. The number of halogens is 2. The predicted molar refractivity (Wildman–Crippen MR) is 347 cm³/mol. The quantitative estimate of drug-likeness (QED) is 0.0591. The summed E-state index contributed by atoms with van der Waals surface area (Å²) in [6.45, 7) is 10.7. The number of aromatic nitrogens is 2. The van der Waals surface area contributed by atoms with Gasteiger partial charge in [-0.1, -0.05) is 221 Å². The molecule has 11 aromatic rings. The van der Waals surface area contributed by atoms with E-state index in [0.717, 1.165) is 37.2 Å². The summed E-state index contributed by atoms with van der Waals surface area (Å²) in [4.78, 5) is 0. The van der Waals surface area contributed by atoms with Crippen molar-refractivity contribution < 1.29 is 36.4 Å². The Balaban J connectivity index is 0.00000198. The average Bonchev–Trinajstić information content (AvgIpc) is 0.877. The molecule has 0 aliphatic heterocycles. The Morgan fingerprint density at radius 3 is 0.807 bits per heavy atom. The molecule has 1 heterocycles. The van der Waals surface area contributed by atoms with E-state index in [1.165, 1.54) is 156 Å². The molecule has 12 aliphatic rings. The molecule has 10 aromatic carbocycles. The van der Waals surface area contributed by atoms with Crippen LogP contribution in [-0.4, -0.2) is 17.8 Å². The summed E-state index contributed by atoms with van der Waals surface area (Å²) >= 11 is 0. The largest absolute Gasteiger partial charge is 0.493 e. The van der Waals surface area contributed by atoms with Crippen molar-refractivity contribution in [3.8, 4) is 22.9 Å². The number of unbranched alkanes of at least 4 members (excludes halogenated alkanes) is 2. The fourth-order valence-corrected chi connectivity index (χ4v) is 18.5. The van der Waals surface area contributed by atoms with Crippen molar-refractivity contribution in [2.45, 2.75) is 101 Å². The first-order valence-corrected chi connectivity index (χ1v) is 32.8. The second-order valence-electron chi connectivity index (χ2n) is 25.5. The zero-order valence-corrected chi connectivity index (χ0v) is 52.6. The molecule has 23 rings (SSSR count). The van der Waals surface area contributed by atoms with E-state index < -0.39 is 0 Å². The minimum atomic E-state index is -0.0244. The molecule has 88 heavy (non-hydrogen) atoms. The normalized spacial score (nSPS) is 20.6. The van der Waals surface area contributed by atoms with Crippen LogP contribution in [0.25, 0.3) is 11.4 Å². The van der Waals surface area contributed by atoms with Gasteiger partial charge in [0.2, 0.25) is 0 Å². The van der Waals surface area contributed by atoms with Gasteiger partial charge in [0, 0.05) is 114 Å². The van der Waals surface area contributed by atoms with Gasteiger partial charge in [-0.25, -0.2) is 0 Å².